The number of phenolic OH excluding ortho intramolecular Hbond substituents is 2. The first-order chi connectivity index (χ1) is 48.0. The van der Waals surface area contributed by atoms with Crippen LogP contribution in [0.25, 0.3) is 0 Å². The molecule has 17 aliphatic rings. The third kappa shape index (κ3) is 8.72. The number of aliphatic hydroxyl groups is 4. The molecule has 6 N–H and O–H groups in total. The summed E-state index contributed by atoms with van der Waals surface area (Å²) in [7, 11) is 8.35. The lowest BCUT2D eigenvalue weighted by molar-refractivity contribution is -0.213. The number of piperidine rings is 4. The summed E-state index contributed by atoms with van der Waals surface area (Å²) in [4.78, 5) is 9.91. The van der Waals surface area contributed by atoms with E-state index in [4.69, 9.17) is 37.9 Å². The molecule has 532 valence electrons. The number of nitrogens with zero attached hydrogens (tertiary/aromatic N) is 4. The van der Waals surface area contributed by atoms with Gasteiger partial charge >= 0.3 is 0 Å². The summed E-state index contributed by atoms with van der Waals surface area (Å²) in [5, 5.41) is 64.7. The fourth-order valence-corrected chi connectivity index (χ4v) is 24.6. The van der Waals surface area contributed by atoms with Crippen LogP contribution < -0.4 is 18.9 Å². The molecule has 4 saturated heterocycles. The highest BCUT2D eigenvalue weighted by Crippen LogP contribution is 2.69. The highest BCUT2D eigenvalue weighted by Gasteiger charge is 2.75. The molecule has 4 aromatic rings. The van der Waals surface area contributed by atoms with E-state index >= 15 is 0 Å². The topological polar surface area (TPSA) is 208 Å². The van der Waals surface area contributed by atoms with Crippen molar-refractivity contribution in [2.24, 2.45) is 17.8 Å². The average Bonchev–Trinajstić information content (AvgIpc) is 1.59. The number of phenols is 2. The van der Waals surface area contributed by atoms with Crippen molar-refractivity contribution in [3.8, 4) is 34.5 Å². The van der Waals surface area contributed by atoms with Crippen LogP contribution in [-0.4, -0.2) is 215 Å². The van der Waals surface area contributed by atoms with Crippen LogP contribution >= 0.6 is 0 Å². The smallest absolute Gasteiger partial charge is 0.165 e. The molecule has 8 aliphatic heterocycles. The van der Waals surface area contributed by atoms with E-state index in [-0.39, 0.29) is 96.5 Å². The number of likely N-dealkylation sites (tertiary alicyclic amines) is 4. The minimum Gasteiger partial charge on any atom is -0.504 e. The summed E-state index contributed by atoms with van der Waals surface area (Å²) in [6.45, 7) is 13.3. The van der Waals surface area contributed by atoms with E-state index in [0.29, 0.717) is 55.2 Å². The molecule has 18 nitrogen and oxygen atoms in total. The zero-order chi connectivity index (χ0) is 68.0. The molecule has 8 unspecified atom stereocenters. The Bertz CT molecular complexity index is 3920. The van der Waals surface area contributed by atoms with Gasteiger partial charge in [0.15, 0.2) is 23.0 Å². The Kier molecular flexibility index (Phi) is 15.8. The molecular weight excluding hydrogens is 1250 g/mol. The Hall–Kier alpha value is -5.32. The second-order valence-electron chi connectivity index (χ2n) is 32.6. The fourth-order valence-electron chi connectivity index (χ4n) is 24.6. The normalized spacial score (nSPS) is 40.7. The van der Waals surface area contributed by atoms with Crippen molar-refractivity contribution in [3.63, 3.8) is 0 Å². The second-order valence-corrected chi connectivity index (χ2v) is 32.6. The number of aliphatic hydroxyl groups excluding tert-OH is 2. The summed E-state index contributed by atoms with van der Waals surface area (Å²) in [5.41, 5.74) is 9.44. The Balaban J connectivity index is 0.0000000955. The third-order valence-electron chi connectivity index (χ3n) is 29.1. The van der Waals surface area contributed by atoms with Crippen molar-refractivity contribution in [1.29, 1.82) is 0 Å². The van der Waals surface area contributed by atoms with E-state index in [1.165, 1.54) is 58.2 Å². The predicted octanol–water partition coefficient (Wildman–Crippen LogP) is 8.00. The molecule has 9 aliphatic carbocycles. The van der Waals surface area contributed by atoms with E-state index in [2.05, 4.69) is 89.3 Å². The van der Waals surface area contributed by atoms with Gasteiger partial charge < -0.3 is 83.2 Å². The van der Waals surface area contributed by atoms with E-state index in [1.54, 1.807) is 19.2 Å². The molecule has 8 bridgehead atoms. The molecule has 0 aromatic heterocycles. The number of hydrogen-bond acceptors (Lipinski definition) is 18. The SMILES string of the molecule is CCO[C@H]1C=CC2C3Cc4ccc(CO)c5c4[C@@]2(CCN3C)[C@H]1O5.CCO[C@H]1C=CC2C3Cc4ccc(O)c5c4[C@@]2(CCN3C)[C@H]1O5.CCO[C@H]1CC[C@@]2(O)C3Cc4ccc(CO)c5c4[C@@]2(CCN3C)[C@H]1O5.COC1CC[C@@]2(O)C3Cc4ccc(O)c5c4C2(CCN3CC2CCC2)[C@H]1O5. The molecule has 20 atom stereocenters. The summed E-state index contributed by atoms with van der Waals surface area (Å²) in [5.74, 6) is 5.27. The Labute approximate surface area is 583 Å². The summed E-state index contributed by atoms with van der Waals surface area (Å²) in [6, 6.07) is 17.4. The number of hydrogen-bond donors (Lipinski definition) is 6. The van der Waals surface area contributed by atoms with Crippen LogP contribution in [0.15, 0.2) is 72.8 Å². The number of ether oxygens (including phenoxy) is 8. The van der Waals surface area contributed by atoms with Gasteiger partial charge in [-0.1, -0.05) is 67.1 Å². The lowest BCUT2D eigenvalue weighted by Crippen LogP contribution is -2.77. The first-order valence-corrected chi connectivity index (χ1v) is 37.9. The highest BCUT2D eigenvalue weighted by molar-refractivity contribution is 5.65. The van der Waals surface area contributed by atoms with Crippen LogP contribution in [0.1, 0.15) is 147 Å². The summed E-state index contributed by atoms with van der Waals surface area (Å²) < 4.78 is 49.7. The Morgan fingerprint density at radius 1 is 0.475 bits per heavy atom. The van der Waals surface area contributed by atoms with Gasteiger partial charge in [-0.15, -0.1) is 0 Å². The van der Waals surface area contributed by atoms with Gasteiger partial charge in [0.2, 0.25) is 0 Å². The molecule has 7 fully saturated rings. The lowest BCUT2D eigenvalue weighted by atomic mass is 9.48. The molecule has 8 heterocycles. The second kappa shape index (κ2) is 23.9. The summed E-state index contributed by atoms with van der Waals surface area (Å²) >= 11 is 0. The Morgan fingerprint density at radius 2 is 0.929 bits per heavy atom. The number of aromatic hydroxyl groups is 2. The van der Waals surface area contributed by atoms with Crippen LogP contribution in [0, 0.1) is 17.8 Å². The van der Waals surface area contributed by atoms with Gasteiger partial charge in [-0.3, -0.25) is 4.90 Å². The van der Waals surface area contributed by atoms with Crippen molar-refractivity contribution in [1.82, 2.24) is 19.6 Å². The van der Waals surface area contributed by atoms with Gasteiger partial charge in [-0.05, 0) is 198 Å². The monoisotopic (exact) mass is 1360 g/mol. The largest absolute Gasteiger partial charge is 0.504 e. The van der Waals surface area contributed by atoms with Crippen LogP contribution in [-0.2, 0) is 79.5 Å². The van der Waals surface area contributed by atoms with E-state index in [9.17, 15) is 30.6 Å². The van der Waals surface area contributed by atoms with Gasteiger partial charge in [-0.2, -0.15) is 0 Å². The predicted molar refractivity (Wildman–Crippen MR) is 371 cm³/mol. The standard InChI is InChI=1S/C22H29NO4.C20H27NO4.C20H25NO3.C19H23NO3/c1-26-16-7-8-22(25)17-11-14-5-6-15(24)19-18(14)21(22,20(16)27-19)9-10-23(17)12-13-3-2-4-13;1-3-24-14-6-7-20(23)15-10-12-4-5-13(11-22)17-16(12)19(20,18(14)25-17)8-9-21(15)2;1-3-23-16-7-6-14-15-10-12-4-5-13(11-22)18-17(12)20(14,19(16)24-18)8-9-21(15)2;1-3-22-15-7-5-12-13-10-11-4-6-14(21)17-16(11)19(12,18(15)23-17)8-9-20(13)2/h5-6,13,16-17,20,24-25H,2-4,7-12H2,1H3;4-5,14-15,18,22-23H,3,6-11H2,1-2H3;4-7,14-16,19,22H,3,8-11H2,1-2H3;4-7,12-13,15,18,21H,3,8-10H2,1-2H3/t16?,17?,20-,21?,22+;14-,15?,18-,19-,20+;14?,15?,16-,19-,20-;12?,13?,15-,18-,19-/m0000/s1. The fraction of sp³-hybridized carbons (Fsp3) is 0.654. The number of likely N-dealkylation sites (N-methyl/N-ethyl adjacent to an activating group) is 3. The van der Waals surface area contributed by atoms with Crippen molar-refractivity contribution >= 4 is 0 Å². The zero-order valence-electron chi connectivity index (χ0n) is 59.0. The van der Waals surface area contributed by atoms with Crippen molar-refractivity contribution in [2.75, 3.05) is 80.8 Å². The Morgan fingerprint density at radius 3 is 1.48 bits per heavy atom. The average molecular weight is 1360 g/mol. The molecule has 4 spiro atoms. The van der Waals surface area contributed by atoms with Gasteiger partial charge in [-0.25, -0.2) is 0 Å². The van der Waals surface area contributed by atoms with E-state index in [0.717, 1.165) is 144 Å². The molecule has 0 radical (unpaired) electrons. The molecule has 18 heteroatoms. The lowest BCUT2D eigenvalue weighted by Gasteiger charge is -2.64. The number of methoxy groups -OCH3 is 1. The first-order valence-electron chi connectivity index (χ1n) is 37.9. The van der Waals surface area contributed by atoms with Gasteiger partial charge in [0.25, 0.3) is 0 Å². The molecule has 3 saturated carbocycles. The first kappa shape index (κ1) is 65.7. The van der Waals surface area contributed by atoms with Crippen molar-refractivity contribution < 1.29 is 68.5 Å². The quantitative estimate of drug-likeness (QED) is 0.0787. The number of rotatable bonds is 11. The van der Waals surface area contributed by atoms with E-state index in [1.807, 2.05) is 32.9 Å². The molecular formula is C81H104N4O14. The molecule has 99 heavy (non-hydrogen) atoms. The minimum atomic E-state index is -0.805. The maximum absolute atomic E-state index is 12.2. The maximum atomic E-state index is 12.2. The third-order valence-corrected chi connectivity index (χ3v) is 29.1. The van der Waals surface area contributed by atoms with Crippen LogP contribution in [0.5, 0.6) is 34.5 Å². The van der Waals surface area contributed by atoms with Gasteiger partial charge in [0.05, 0.1) is 47.5 Å². The summed E-state index contributed by atoms with van der Waals surface area (Å²) in [6.07, 6.45) is 23.6. The zero-order valence-corrected chi connectivity index (χ0v) is 59.0. The van der Waals surface area contributed by atoms with E-state index < -0.39 is 22.0 Å². The highest BCUT2D eigenvalue weighted by atomic mass is 16.6. The van der Waals surface area contributed by atoms with Crippen molar-refractivity contribution in [2.45, 2.75) is 236 Å². The van der Waals surface area contributed by atoms with Crippen molar-refractivity contribution in [3.05, 3.63) is 128 Å². The van der Waals surface area contributed by atoms with Crippen LogP contribution in [0.4, 0.5) is 0 Å². The van der Waals surface area contributed by atoms with Gasteiger partial charge in [0, 0.05) is 114 Å². The molecule has 21 rings (SSSR count). The minimum absolute atomic E-state index is 0.000184. The van der Waals surface area contributed by atoms with Gasteiger partial charge in [0.1, 0.15) is 48.1 Å². The molecule has 0 amide bonds. The molecule has 4 aromatic carbocycles. The maximum Gasteiger partial charge on any atom is 0.165 e. The van der Waals surface area contributed by atoms with Crippen LogP contribution in [0.2, 0.25) is 0 Å². The van der Waals surface area contributed by atoms with Crippen LogP contribution in [0.3, 0.4) is 0 Å². The number of benzene rings is 4.